The van der Waals surface area contributed by atoms with Crippen LogP contribution in [0.3, 0.4) is 0 Å². The Bertz CT molecular complexity index is 540. The lowest BCUT2D eigenvalue weighted by molar-refractivity contribution is 0.148. The van der Waals surface area contributed by atoms with Crippen LogP contribution >= 0.6 is 0 Å². The molecule has 0 N–H and O–H groups in total. The molecule has 3 rings (SSSR count). The van der Waals surface area contributed by atoms with Gasteiger partial charge in [-0.05, 0) is 37.4 Å². The SMILES string of the molecule is CC[C@H]1CCCN(Cc2nc(-c3cccnc3)no2)C1. The van der Waals surface area contributed by atoms with Gasteiger partial charge >= 0.3 is 0 Å². The van der Waals surface area contributed by atoms with Crippen molar-refractivity contribution in [1.29, 1.82) is 0 Å². The topological polar surface area (TPSA) is 55.1 Å². The number of pyridine rings is 1. The summed E-state index contributed by atoms with van der Waals surface area (Å²) in [6.45, 7) is 5.29. The van der Waals surface area contributed by atoms with Gasteiger partial charge in [-0.2, -0.15) is 4.98 Å². The molecule has 2 aromatic heterocycles. The lowest BCUT2D eigenvalue weighted by Crippen LogP contribution is -2.34. The van der Waals surface area contributed by atoms with E-state index in [2.05, 4.69) is 26.9 Å². The Labute approximate surface area is 119 Å². The number of rotatable bonds is 4. The lowest BCUT2D eigenvalue weighted by Gasteiger charge is -2.30. The van der Waals surface area contributed by atoms with Crippen molar-refractivity contribution in [3.8, 4) is 11.4 Å². The summed E-state index contributed by atoms with van der Waals surface area (Å²) in [6, 6.07) is 3.82. The fraction of sp³-hybridized carbons (Fsp3) is 0.533. The standard InChI is InChI=1S/C15H20N4O/c1-2-12-5-4-8-19(10-12)11-14-17-15(18-20-14)13-6-3-7-16-9-13/h3,6-7,9,12H,2,4-5,8,10-11H2,1H3/t12-/m0/s1. The number of hydrogen-bond acceptors (Lipinski definition) is 5. The molecule has 20 heavy (non-hydrogen) atoms. The minimum Gasteiger partial charge on any atom is -0.338 e. The molecule has 0 amide bonds. The Morgan fingerprint density at radius 2 is 2.40 bits per heavy atom. The van der Waals surface area contributed by atoms with E-state index >= 15 is 0 Å². The molecule has 5 nitrogen and oxygen atoms in total. The summed E-state index contributed by atoms with van der Waals surface area (Å²) in [5, 5.41) is 4.04. The van der Waals surface area contributed by atoms with Crippen LogP contribution in [0.15, 0.2) is 29.0 Å². The van der Waals surface area contributed by atoms with Crippen molar-refractivity contribution in [3.63, 3.8) is 0 Å². The van der Waals surface area contributed by atoms with E-state index in [1.165, 1.54) is 19.3 Å². The molecule has 2 aromatic rings. The highest BCUT2D eigenvalue weighted by Crippen LogP contribution is 2.21. The number of likely N-dealkylation sites (tertiary alicyclic amines) is 1. The molecular weight excluding hydrogens is 252 g/mol. The maximum absolute atomic E-state index is 5.36. The van der Waals surface area contributed by atoms with Crippen LogP contribution < -0.4 is 0 Å². The third kappa shape index (κ3) is 3.04. The summed E-state index contributed by atoms with van der Waals surface area (Å²) in [4.78, 5) is 11.0. The zero-order valence-electron chi connectivity index (χ0n) is 11.8. The Balaban J connectivity index is 1.65. The van der Waals surface area contributed by atoms with E-state index < -0.39 is 0 Å². The summed E-state index contributed by atoms with van der Waals surface area (Å²) in [5.74, 6) is 2.13. The molecule has 0 aromatic carbocycles. The third-order valence-corrected chi connectivity index (χ3v) is 3.93. The summed E-state index contributed by atoms with van der Waals surface area (Å²) in [6.07, 6.45) is 7.35. The monoisotopic (exact) mass is 272 g/mol. The second-order valence-corrected chi connectivity index (χ2v) is 5.41. The van der Waals surface area contributed by atoms with Gasteiger partial charge < -0.3 is 4.52 Å². The Kier molecular flexibility index (Phi) is 4.06. The fourth-order valence-corrected chi connectivity index (χ4v) is 2.75. The zero-order chi connectivity index (χ0) is 13.8. The third-order valence-electron chi connectivity index (χ3n) is 3.93. The predicted octanol–water partition coefficient (Wildman–Crippen LogP) is 2.75. The first-order chi connectivity index (χ1) is 9.85. The van der Waals surface area contributed by atoms with Crippen LogP contribution in [0.2, 0.25) is 0 Å². The maximum atomic E-state index is 5.36. The molecule has 5 heteroatoms. The minimum absolute atomic E-state index is 0.622. The molecule has 106 valence electrons. The van der Waals surface area contributed by atoms with Gasteiger partial charge in [0, 0.05) is 24.5 Å². The van der Waals surface area contributed by atoms with Gasteiger partial charge in [0.25, 0.3) is 0 Å². The van der Waals surface area contributed by atoms with Gasteiger partial charge in [-0.3, -0.25) is 9.88 Å². The first-order valence-corrected chi connectivity index (χ1v) is 7.30. The van der Waals surface area contributed by atoms with Crippen LogP contribution in [-0.2, 0) is 6.54 Å². The molecule has 1 aliphatic heterocycles. The molecule has 1 fully saturated rings. The molecule has 0 aliphatic carbocycles. The second-order valence-electron chi connectivity index (χ2n) is 5.41. The van der Waals surface area contributed by atoms with Gasteiger partial charge in [0.2, 0.25) is 11.7 Å². The smallest absolute Gasteiger partial charge is 0.241 e. The molecule has 0 radical (unpaired) electrons. The van der Waals surface area contributed by atoms with Crippen LogP contribution in [0.25, 0.3) is 11.4 Å². The normalized spacial score (nSPS) is 20.1. The largest absolute Gasteiger partial charge is 0.338 e. The highest BCUT2D eigenvalue weighted by Gasteiger charge is 2.20. The van der Waals surface area contributed by atoms with E-state index in [1.54, 1.807) is 12.4 Å². The molecular formula is C15H20N4O. The van der Waals surface area contributed by atoms with Crippen LogP contribution in [0.4, 0.5) is 0 Å². The highest BCUT2D eigenvalue weighted by molar-refractivity contribution is 5.51. The second kappa shape index (κ2) is 6.13. The maximum Gasteiger partial charge on any atom is 0.241 e. The van der Waals surface area contributed by atoms with Crippen molar-refractivity contribution >= 4 is 0 Å². The van der Waals surface area contributed by atoms with Gasteiger partial charge in [0.1, 0.15) is 0 Å². The summed E-state index contributed by atoms with van der Waals surface area (Å²) >= 11 is 0. The Hall–Kier alpha value is -1.75. The molecule has 0 unspecified atom stereocenters. The van der Waals surface area contributed by atoms with Gasteiger partial charge in [-0.1, -0.05) is 18.5 Å². The summed E-state index contributed by atoms with van der Waals surface area (Å²) in [5.41, 5.74) is 0.896. The van der Waals surface area contributed by atoms with Gasteiger partial charge in [0.15, 0.2) is 0 Å². The number of piperidine rings is 1. The minimum atomic E-state index is 0.622. The highest BCUT2D eigenvalue weighted by atomic mass is 16.5. The predicted molar refractivity (Wildman–Crippen MR) is 75.8 cm³/mol. The number of aromatic nitrogens is 3. The van der Waals surface area contributed by atoms with E-state index in [0.717, 1.165) is 31.1 Å². The van der Waals surface area contributed by atoms with Crippen LogP contribution in [0.1, 0.15) is 32.1 Å². The molecule has 3 heterocycles. The van der Waals surface area contributed by atoms with Crippen molar-refractivity contribution in [1.82, 2.24) is 20.0 Å². The van der Waals surface area contributed by atoms with Crippen LogP contribution in [0.5, 0.6) is 0 Å². The quantitative estimate of drug-likeness (QED) is 0.856. The van der Waals surface area contributed by atoms with Crippen molar-refractivity contribution in [2.45, 2.75) is 32.7 Å². The van der Waals surface area contributed by atoms with Crippen molar-refractivity contribution in [2.24, 2.45) is 5.92 Å². The molecule has 1 saturated heterocycles. The van der Waals surface area contributed by atoms with Crippen molar-refractivity contribution < 1.29 is 4.52 Å². The van der Waals surface area contributed by atoms with Crippen LogP contribution in [0, 0.1) is 5.92 Å². The molecule has 1 aliphatic rings. The van der Waals surface area contributed by atoms with Crippen LogP contribution in [-0.4, -0.2) is 33.1 Å². The van der Waals surface area contributed by atoms with Gasteiger partial charge in [-0.15, -0.1) is 0 Å². The lowest BCUT2D eigenvalue weighted by atomic mass is 9.96. The fourth-order valence-electron chi connectivity index (χ4n) is 2.75. The first kappa shape index (κ1) is 13.2. The average Bonchev–Trinajstić information content (AvgIpc) is 2.97. The molecule has 0 bridgehead atoms. The molecule has 0 spiro atoms. The Morgan fingerprint density at radius 1 is 1.45 bits per heavy atom. The first-order valence-electron chi connectivity index (χ1n) is 7.30. The van der Waals surface area contributed by atoms with Gasteiger partial charge in [-0.25, -0.2) is 0 Å². The summed E-state index contributed by atoms with van der Waals surface area (Å²) in [7, 11) is 0. The van der Waals surface area contributed by atoms with Crippen molar-refractivity contribution in [2.75, 3.05) is 13.1 Å². The van der Waals surface area contributed by atoms with Gasteiger partial charge in [0.05, 0.1) is 6.54 Å². The van der Waals surface area contributed by atoms with E-state index in [1.807, 2.05) is 12.1 Å². The van der Waals surface area contributed by atoms with E-state index in [-0.39, 0.29) is 0 Å². The Morgan fingerprint density at radius 3 is 3.20 bits per heavy atom. The molecule has 1 atom stereocenters. The average molecular weight is 272 g/mol. The van der Waals surface area contributed by atoms with Crippen molar-refractivity contribution in [3.05, 3.63) is 30.4 Å². The molecule has 0 saturated carbocycles. The summed E-state index contributed by atoms with van der Waals surface area (Å²) < 4.78 is 5.36. The van der Waals surface area contributed by atoms with E-state index in [9.17, 15) is 0 Å². The zero-order valence-corrected chi connectivity index (χ0v) is 11.8. The van der Waals surface area contributed by atoms with E-state index in [0.29, 0.717) is 11.7 Å². The number of hydrogen-bond donors (Lipinski definition) is 0. The van der Waals surface area contributed by atoms with E-state index in [4.69, 9.17) is 4.52 Å². The number of nitrogens with zero attached hydrogens (tertiary/aromatic N) is 4.